The predicted octanol–water partition coefficient (Wildman–Crippen LogP) is -2.43. The van der Waals surface area contributed by atoms with E-state index >= 15 is 0 Å². The Bertz CT molecular complexity index is 721. The number of primary amides is 1. The van der Waals surface area contributed by atoms with Crippen LogP contribution in [-0.2, 0) is 25.6 Å². The third-order valence-corrected chi connectivity index (χ3v) is 3.81. The molecule has 0 heterocycles. The molecular weight excluding hydrogens is 372 g/mol. The smallest absolute Gasteiger partial charge is 0.328 e. The second kappa shape index (κ2) is 10.2. The summed E-state index contributed by atoms with van der Waals surface area (Å²) >= 11 is 0. The molecule has 0 fully saturated rings. The molecule has 1 aromatic carbocycles. The highest BCUT2D eigenvalue weighted by atomic mass is 16.4. The summed E-state index contributed by atoms with van der Waals surface area (Å²) in [5, 5.41) is 32.0. The molecule has 1 rings (SSSR count). The van der Waals surface area contributed by atoms with Crippen molar-refractivity contribution in [3.63, 3.8) is 0 Å². The lowest BCUT2D eigenvalue weighted by Gasteiger charge is -2.23. The number of aliphatic carboxylic acids is 1. The van der Waals surface area contributed by atoms with Gasteiger partial charge in [-0.25, -0.2) is 4.79 Å². The number of carboxylic acid groups (broad SMARTS) is 1. The van der Waals surface area contributed by atoms with Gasteiger partial charge in [-0.1, -0.05) is 12.1 Å². The zero-order valence-electron chi connectivity index (χ0n) is 15.2. The Morgan fingerprint density at radius 2 is 1.64 bits per heavy atom. The number of benzene rings is 1. The van der Waals surface area contributed by atoms with Crippen molar-refractivity contribution in [2.75, 3.05) is 0 Å². The molecule has 154 valence electrons. The normalized spacial score (nSPS) is 15.0. The molecule has 9 N–H and O–H groups in total. The van der Waals surface area contributed by atoms with Crippen molar-refractivity contribution >= 4 is 23.7 Å². The number of aromatic hydroxyl groups is 1. The molecule has 0 saturated heterocycles. The maximum Gasteiger partial charge on any atom is 0.328 e. The standard InChI is InChI=1S/C17H24N4O7/c1-8(22)14(17(27)28)21-16(26)12(7-13(19)24)20-15(25)11(18)6-9-2-4-10(23)5-3-9/h2-5,8,11-12,14,22-23H,6-7,18H2,1H3,(H2,19,24)(H,20,25)(H,21,26)(H,27,28)/t8-,11+,12+,14+/m1/s1. The minimum atomic E-state index is -1.63. The van der Waals surface area contributed by atoms with E-state index in [9.17, 15) is 29.4 Å². The van der Waals surface area contributed by atoms with Crippen molar-refractivity contribution in [2.24, 2.45) is 11.5 Å². The molecule has 0 saturated carbocycles. The number of carboxylic acids is 1. The van der Waals surface area contributed by atoms with Gasteiger partial charge in [0.15, 0.2) is 6.04 Å². The zero-order chi connectivity index (χ0) is 21.4. The van der Waals surface area contributed by atoms with E-state index in [0.717, 1.165) is 6.92 Å². The lowest BCUT2D eigenvalue weighted by Crippen LogP contribution is -2.57. The molecule has 28 heavy (non-hydrogen) atoms. The number of phenols is 1. The van der Waals surface area contributed by atoms with Crippen molar-refractivity contribution in [2.45, 2.75) is 44.0 Å². The second-order valence-electron chi connectivity index (χ2n) is 6.27. The Morgan fingerprint density at radius 3 is 2.11 bits per heavy atom. The van der Waals surface area contributed by atoms with Gasteiger partial charge in [-0.15, -0.1) is 0 Å². The maximum absolute atomic E-state index is 12.3. The van der Waals surface area contributed by atoms with Gasteiger partial charge in [-0.05, 0) is 31.0 Å². The van der Waals surface area contributed by atoms with Crippen LogP contribution in [0.1, 0.15) is 18.9 Å². The maximum atomic E-state index is 12.3. The molecule has 3 amide bonds. The third-order valence-electron chi connectivity index (χ3n) is 3.81. The van der Waals surface area contributed by atoms with Crippen molar-refractivity contribution in [3.05, 3.63) is 29.8 Å². The van der Waals surface area contributed by atoms with Gasteiger partial charge >= 0.3 is 5.97 Å². The topological polar surface area (TPSA) is 205 Å². The number of nitrogens with one attached hydrogen (secondary N) is 2. The van der Waals surface area contributed by atoms with E-state index in [0.29, 0.717) is 5.56 Å². The molecule has 0 spiro atoms. The van der Waals surface area contributed by atoms with Crippen LogP contribution in [0.3, 0.4) is 0 Å². The molecule has 11 heteroatoms. The van der Waals surface area contributed by atoms with Crippen molar-refractivity contribution in [1.29, 1.82) is 0 Å². The molecular formula is C17H24N4O7. The number of aliphatic hydroxyl groups is 1. The average molecular weight is 396 g/mol. The number of carbonyl (C=O) groups excluding carboxylic acids is 3. The molecule has 1 aromatic rings. The van der Waals surface area contributed by atoms with Gasteiger partial charge in [-0.3, -0.25) is 14.4 Å². The summed E-state index contributed by atoms with van der Waals surface area (Å²) in [4.78, 5) is 46.9. The molecule has 0 aliphatic carbocycles. The van der Waals surface area contributed by atoms with Crippen LogP contribution < -0.4 is 22.1 Å². The molecule has 0 radical (unpaired) electrons. The Balaban J connectivity index is 2.81. The lowest BCUT2D eigenvalue weighted by atomic mass is 10.0. The fourth-order valence-corrected chi connectivity index (χ4v) is 2.31. The second-order valence-corrected chi connectivity index (χ2v) is 6.27. The van der Waals surface area contributed by atoms with Gasteiger partial charge in [0.25, 0.3) is 0 Å². The molecule has 0 aliphatic rings. The quantitative estimate of drug-likeness (QED) is 0.226. The Labute approximate surface area is 160 Å². The lowest BCUT2D eigenvalue weighted by molar-refractivity contribution is -0.145. The number of hydrogen-bond donors (Lipinski definition) is 7. The van der Waals surface area contributed by atoms with E-state index < -0.39 is 54.3 Å². The summed E-state index contributed by atoms with van der Waals surface area (Å²) in [6.45, 7) is 1.16. The van der Waals surface area contributed by atoms with E-state index in [-0.39, 0.29) is 12.2 Å². The number of amides is 3. The van der Waals surface area contributed by atoms with Crippen LogP contribution in [0, 0.1) is 0 Å². The predicted molar refractivity (Wildman–Crippen MR) is 96.8 cm³/mol. The third kappa shape index (κ3) is 7.21. The number of nitrogens with two attached hydrogens (primary N) is 2. The Kier molecular flexibility index (Phi) is 8.35. The fourth-order valence-electron chi connectivity index (χ4n) is 2.31. The number of hydrogen-bond acceptors (Lipinski definition) is 7. The number of phenolic OH excluding ortho intramolecular Hbond substituents is 1. The van der Waals surface area contributed by atoms with Crippen LogP contribution in [0.4, 0.5) is 0 Å². The van der Waals surface area contributed by atoms with Crippen molar-refractivity contribution < 1.29 is 34.5 Å². The summed E-state index contributed by atoms with van der Waals surface area (Å²) in [6, 6.07) is 1.80. The number of carbonyl (C=O) groups is 4. The highest BCUT2D eigenvalue weighted by Crippen LogP contribution is 2.11. The van der Waals surface area contributed by atoms with Crippen LogP contribution in [0.5, 0.6) is 5.75 Å². The molecule has 0 aliphatic heterocycles. The van der Waals surface area contributed by atoms with Crippen LogP contribution in [0.25, 0.3) is 0 Å². The molecule has 0 bridgehead atoms. The Morgan fingerprint density at radius 1 is 1.07 bits per heavy atom. The first-order chi connectivity index (χ1) is 13.0. The van der Waals surface area contributed by atoms with Gasteiger partial charge in [0.05, 0.1) is 18.6 Å². The summed E-state index contributed by atoms with van der Waals surface area (Å²) in [5.74, 6) is -4.12. The summed E-state index contributed by atoms with van der Waals surface area (Å²) in [5.41, 5.74) is 11.5. The summed E-state index contributed by atoms with van der Waals surface area (Å²) in [6.07, 6.45) is -1.92. The van der Waals surface area contributed by atoms with Crippen molar-refractivity contribution in [3.8, 4) is 5.75 Å². The Hall–Kier alpha value is -3.18. The van der Waals surface area contributed by atoms with Gasteiger partial charge in [0.1, 0.15) is 11.8 Å². The highest BCUT2D eigenvalue weighted by molar-refractivity contribution is 5.94. The van der Waals surface area contributed by atoms with E-state index in [2.05, 4.69) is 5.32 Å². The highest BCUT2D eigenvalue weighted by Gasteiger charge is 2.31. The van der Waals surface area contributed by atoms with Gasteiger partial charge < -0.3 is 37.4 Å². The first kappa shape index (κ1) is 22.9. The largest absolute Gasteiger partial charge is 0.508 e. The summed E-state index contributed by atoms with van der Waals surface area (Å²) < 4.78 is 0. The van der Waals surface area contributed by atoms with Crippen LogP contribution in [-0.4, -0.2) is 63.2 Å². The SMILES string of the molecule is C[C@@H](O)[C@H](NC(=O)[C@H](CC(N)=O)NC(=O)[C@@H](N)Cc1ccc(O)cc1)C(=O)O. The molecule has 0 unspecified atom stereocenters. The van der Waals surface area contributed by atoms with Crippen LogP contribution in [0.2, 0.25) is 0 Å². The van der Waals surface area contributed by atoms with E-state index in [1.165, 1.54) is 12.1 Å². The number of aliphatic hydroxyl groups excluding tert-OH is 1. The average Bonchev–Trinajstić information content (AvgIpc) is 2.59. The van der Waals surface area contributed by atoms with Gasteiger partial charge in [0.2, 0.25) is 17.7 Å². The zero-order valence-corrected chi connectivity index (χ0v) is 15.2. The molecule has 11 nitrogen and oxygen atoms in total. The minimum Gasteiger partial charge on any atom is -0.508 e. The van der Waals surface area contributed by atoms with E-state index in [4.69, 9.17) is 16.6 Å². The first-order valence-corrected chi connectivity index (χ1v) is 8.34. The first-order valence-electron chi connectivity index (χ1n) is 8.34. The van der Waals surface area contributed by atoms with Crippen LogP contribution in [0.15, 0.2) is 24.3 Å². The van der Waals surface area contributed by atoms with E-state index in [1.807, 2.05) is 5.32 Å². The molecule has 0 aromatic heterocycles. The van der Waals surface area contributed by atoms with E-state index in [1.54, 1.807) is 12.1 Å². The van der Waals surface area contributed by atoms with Gasteiger partial charge in [0, 0.05) is 0 Å². The van der Waals surface area contributed by atoms with Gasteiger partial charge in [-0.2, -0.15) is 0 Å². The summed E-state index contributed by atoms with van der Waals surface area (Å²) in [7, 11) is 0. The fraction of sp³-hybridized carbons (Fsp3) is 0.412. The number of rotatable bonds is 10. The van der Waals surface area contributed by atoms with Crippen molar-refractivity contribution in [1.82, 2.24) is 10.6 Å². The van der Waals surface area contributed by atoms with Crippen LogP contribution >= 0.6 is 0 Å². The molecule has 4 atom stereocenters. The minimum absolute atomic E-state index is 0.0473. The monoisotopic (exact) mass is 396 g/mol.